The van der Waals surface area contributed by atoms with Crippen molar-refractivity contribution in [2.45, 2.75) is 45.1 Å². The maximum Gasteiger partial charge on any atom is 0.0609 e. The second-order valence-corrected chi connectivity index (χ2v) is 6.38. The average molecular weight is 287 g/mol. The molecule has 1 fully saturated rings. The molecular weight excluding hydrogens is 267 g/mol. The summed E-state index contributed by atoms with van der Waals surface area (Å²) in [6.45, 7) is 2.27. The normalized spacial score (nSPS) is 26.0. The van der Waals surface area contributed by atoms with Crippen molar-refractivity contribution in [2.75, 3.05) is 0 Å². The number of halogens is 2. The zero-order chi connectivity index (χ0) is 13.1. The molecule has 3 heteroatoms. The molecule has 2 rings (SSSR count). The van der Waals surface area contributed by atoms with Crippen LogP contribution in [0.15, 0.2) is 18.2 Å². The van der Waals surface area contributed by atoms with Gasteiger partial charge >= 0.3 is 0 Å². The summed E-state index contributed by atoms with van der Waals surface area (Å²) in [5, 5.41) is 11.6. The van der Waals surface area contributed by atoms with E-state index in [-0.39, 0.29) is 6.10 Å². The van der Waals surface area contributed by atoms with Crippen LogP contribution >= 0.6 is 23.2 Å². The van der Waals surface area contributed by atoms with Crippen LogP contribution in [0.1, 0.15) is 38.2 Å². The molecule has 0 heterocycles. The first-order chi connectivity index (χ1) is 8.56. The predicted molar refractivity (Wildman–Crippen MR) is 77.3 cm³/mol. The lowest BCUT2D eigenvalue weighted by atomic mass is 9.78. The highest BCUT2D eigenvalue weighted by Crippen LogP contribution is 2.33. The predicted octanol–water partition coefficient (Wildman–Crippen LogP) is 4.72. The molecule has 0 aromatic heterocycles. The zero-order valence-corrected chi connectivity index (χ0v) is 12.2. The molecule has 1 N–H and O–H groups in total. The monoisotopic (exact) mass is 286 g/mol. The molecular formula is C15H20Cl2O. The van der Waals surface area contributed by atoms with Gasteiger partial charge in [0.05, 0.1) is 6.10 Å². The minimum absolute atomic E-state index is 0.286. The Morgan fingerprint density at radius 3 is 2.78 bits per heavy atom. The van der Waals surface area contributed by atoms with E-state index in [0.29, 0.717) is 22.4 Å². The minimum atomic E-state index is -0.286. The van der Waals surface area contributed by atoms with Gasteiger partial charge in [0.2, 0.25) is 0 Å². The van der Waals surface area contributed by atoms with Crippen molar-refractivity contribution in [3.05, 3.63) is 33.8 Å². The van der Waals surface area contributed by atoms with Crippen molar-refractivity contribution in [3.63, 3.8) is 0 Å². The van der Waals surface area contributed by atoms with Gasteiger partial charge in [-0.3, -0.25) is 0 Å². The van der Waals surface area contributed by atoms with E-state index < -0.39 is 0 Å². The zero-order valence-electron chi connectivity index (χ0n) is 10.7. The maximum atomic E-state index is 10.3. The number of benzene rings is 1. The van der Waals surface area contributed by atoms with E-state index in [1.54, 1.807) is 6.07 Å². The number of rotatable bonds is 3. The van der Waals surface area contributed by atoms with E-state index in [1.807, 2.05) is 12.1 Å². The molecule has 3 atom stereocenters. The van der Waals surface area contributed by atoms with Gasteiger partial charge in [0.1, 0.15) is 0 Å². The van der Waals surface area contributed by atoms with Gasteiger partial charge in [0.15, 0.2) is 0 Å². The summed E-state index contributed by atoms with van der Waals surface area (Å²) in [6.07, 6.45) is 5.14. The average Bonchev–Trinajstić information content (AvgIpc) is 2.32. The van der Waals surface area contributed by atoms with Crippen molar-refractivity contribution in [2.24, 2.45) is 11.8 Å². The highest BCUT2D eigenvalue weighted by atomic mass is 35.5. The number of hydrogen-bond donors (Lipinski definition) is 1. The first kappa shape index (κ1) is 14.2. The van der Waals surface area contributed by atoms with E-state index in [2.05, 4.69) is 6.92 Å². The third-order valence-corrected chi connectivity index (χ3v) is 4.55. The molecule has 1 saturated carbocycles. The molecule has 0 radical (unpaired) electrons. The fourth-order valence-corrected chi connectivity index (χ4v) is 3.40. The second-order valence-electron chi connectivity index (χ2n) is 5.54. The summed E-state index contributed by atoms with van der Waals surface area (Å²) in [5.74, 6) is 1.15. The fraction of sp³-hybridized carbons (Fsp3) is 0.600. The van der Waals surface area contributed by atoms with Crippen molar-refractivity contribution in [3.8, 4) is 0 Å². The van der Waals surface area contributed by atoms with Crippen LogP contribution in [0.5, 0.6) is 0 Å². The van der Waals surface area contributed by atoms with Crippen molar-refractivity contribution >= 4 is 23.2 Å². The Morgan fingerprint density at radius 1 is 1.33 bits per heavy atom. The van der Waals surface area contributed by atoms with Crippen LogP contribution in [0, 0.1) is 11.8 Å². The van der Waals surface area contributed by atoms with Gasteiger partial charge in [0.25, 0.3) is 0 Å². The molecule has 1 nitrogen and oxygen atoms in total. The number of aliphatic hydroxyl groups is 1. The Hall–Kier alpha value is -0.240. The molecule has 0 saturated heterocycles. The maximum absolute atomic E-state index is 10.3. The van der Waals surface area contributed by atoms with E-state index in [0.717, 1.165) is 24.3 Å². The van der Waals surface area contributed by atoms with Crippen LogP contribution in [0.4, 0.5) is 0 Å². The number of aliphatic hydroxyl groups excluding tert-OH is 1. The Balaban J connectivity index is 1.99. The Bertz CT molecular complexity index is 405. The van der Waals surface area contributed by atoms with Crippen LogP contribution < -0.4 is 0 Å². The molecule has 0 bridgehead atoms. The van der Waals surface area contributed by atoms with E-state index in [4.69, 9.17) is 23.2 Å². The molecule has 1 aromatic rings. The highest BCUT2D eigenvalue weighted by molar-refractivity contribution is 6.35. The fourth-order valence-electron chi connectivity index (χ4n) is 2.91. The summed E-state index contributed by atoms with van der Waals surface area (Å²) in [4.78, 5) is 0. The third-order valence-electron chi connectivity index (χ3n) is 3.97. The summed E-state index contributed by atoms with van der Waals surface area (Å²) in [5.41, 5.74) is 0.992. The van der Waals surface area contributed by atoms with Crippen LogP contribution in [-0.4, -0.2) is 11.2 Å². The van der Waals surface area contributed by atoms with Crippen molar-refractivity contribution in [1.82, 2.24) is 0 Å². The highest BCUT2D eigenvalue weighted by Gasteiger charge is 2.25. The SMILES string of the molecule is CC1CCCC(C(O)Cc2ccc(Cl)cc2Cl)C1. The third kappa shape index (κ3) is 3.63. The van der Waals surface area contributed by atoms with Crippen LogP contribution in [-0.2, 0) is 6.42 Å². The van der Waals surface area contributed by atoms with Gasteiger partial charge in [-0.15, -0.1) is 0 Å². The van der Waals surface area contributed by atoms with Gasteiger partial charge in [0, 0.05) is 16.5 Å². The lowest BCUT2D eigenvalue weighted by Crippen LogP contribution is -2.27. The van der Waals surface area contributed by atoms with E-state index >= 15 is 0 Å². The molecule has 100 valence electrons. The largest absolute Gasteiger partial charge is 0.392 e. The summed E-state index contributed by atoms with van der Waals surface area (Å²) in [6, 6.07) is 5.49. The summed E-state index contributed by atoms with van der Waals surface area (Å²) >= 11 is 12.0. The van der Waals surface area contributed by atoms with Gasteiger partial charge in [-0.1, -0.05) is 49.0 Å². The first-order valence-corrected chi connectivity index (χ1v) is 7.44. The molecule has 1 aliphatic carbocycles. The molecule has 0 spiro atoms. The van der Waals surface area contributed by atoms with Gasteiger partial charge in [-0.05, 0) is 42.4 Å². The molecule has 0 amide bonds. The van der Waals surface area contributed by atoms with Crippen LogP contribution in [0.3, 0.4) is 0 Å². The molecule has 1 aromatic carbocycles. The van der Waals surface area contributed by atoms with Crippen molar-refractivity contribution in [1.29, 1.82) is 0 Å². The molecule has 0 aliphatic heterocycles. The van der Waals surface area contributed by atoms with E-state index in [9.17, 15) is 5.11 Å². The Labute approximate surface area is 119 Å². The lowest BCUT2D eigenvalue weighted by Gasteiger charge is -2.30. The summed E-state index contributed by atoms with van der Waals surface area (Å²) < 4.78 is 0. The minimum Gasteiger partial charge on any atom is -0.392 e. The number of hydrogen-bond acceptors (Lipinski definition) is 1. The molecule has 3 unspecified atom stereocenters. The molecule has 1 aliphatic rings. The van der Waals surface area contributed by atoms with Crippen molar-refractivity contribution < 1.29 is 5.11 Å². The van der Waals surface area contributed by atoms with Gasteiger partial charge in [-0.2, -0.15) is 0 Å². The quantitative estimate of drug-likeness (QED) is 0.852. The topological polar surface area (TPSA) is 20.2 Å². The summed E-state index contributed by atoms with van der Waals surface area (Å²) in [7, 11) is 0. The standard InChI is InChI=1S/C15H20Cl2O/c1-10-3-2-4-12(7-10)15(18)8-11-5-6-13(16)9-14(11)17/h5-6,9-10,12,15,18H,2-4,7-8H2,1H3. The van der Waals surface area contributed by atoms with Crippen LogP contribution in [0.2, 0.25) is 10.0 Å². The lowest BCUT2D eigenvalue weighted by molar-refractivity contribution is 0.0720. The van der Waals surface area contributed by atoms with Gasteiger partial charge < -0.3 is 5.11 Å². The van der Waals surface area contributed by atoms with Gasteiger partial charge in [-0.25, -0.2) is 0 Å². The van der Waals surface area contributed by atoms with Crippen LogP contribution in [0.25, 0.3) is 0 Å². The first-order valence-electron chi connectivity index (χ1n) is 6.68. The smallest absolute Gasteiger partial charge is 0.0609 e. The Kier molecular flexibility index (Phi) is 4.94. The van der Waals surface area contributed by atoms with E-state index in [1.165, 1.54) is 12.8 Å². The second kappa shape index (κ2) is 6.27. The molecule has 18 heavy (non-hydrogen) atoms. The Morgan fingerprint density at radius 2 is 2.11 bits per heavy atom.